The first-order valence-electron chi connectivity index (χ1n) is 9.05. The first-order valence-corrected chi connectivity index (χ1v) is 9.05. The van der Waals surface area contributed by atoms with Gasteiger partial charge in [0, 0.05) is 26.2 Å². The number of fused-ring (bicyclic) bond motifs is 1. The van der Waals surface area contributed by atoms with Crippen molar-refractivity contribution in [2.75, 3.05) is 26.2 Å². The van der Waals surface area contributed by atoms with E-state index in [0.717, 1.165) is 0 Å². The summed E-state index contributed by atoms with van der Waals surface area (Å²) in [6, 6.07) is 11.0. The molecule has 0 spiro atoms. The summed E-state index contributed by atoms with van der Waals surface area (Å²) in [5.74, 6) is -0.953. The number of amides is 1. The predicted octanol–water partition coefficient (Wildman–Crippen LogP) is 1.34. The molecule has 7 nitrogen and oxygen atoms in total. The first kappa shape index (κ1) is 20.8. The van der Waals surface area contributed by atoms with Gasteiger partial charge in [0.1, 0.15) is 5.82 Å². The molecule has 0 atom stereocenters. The summed E-state index contributed by atoms with van der Waals surface area (Å²) in [7, 11) is 0. The molecular weight excluding hydrogens is 399 g/mol. The van der Waals surface area contributed by atoms with E-state index in [1.54, 1.807) is 29.2 Å². The van der Waals surface area contributed by atoms with Gasteiger partial charge in [0.05, 0.1) is 23.0 Å². The molecule has 0 aliphatic carbocycles. The molecule has 1 aliphatic heterocycles. The van der Waals surface area contributed by atoms with E-state index in [1.807, 2.05) is 0 Å². The zero-order chi connectivity index (χ0) is 19.7. The monoisotopic (exact) mass is 418 g/mol. The molecule has 2 aromatic carbocycles. The number of carbonyl (C=O) groups is 1. The molecule has 0 unspecified atom stereocenters. The molecule has 0 radical (unpaired) electrons. The quantitative estimate of drug-likeness (QED) is 0.672. The smallest absolute Gasteiger partial charge is 0.329 e. The van der Waals surface area contributed by atoms with E-state index < -0.39 is 17.1 Å². The molecule has 0 bridgehead atoms. The molecule has 1 aliphatic rings. The highest BCUT2D eigenvalue weighted by atomic mass is 35.5. The maximum atomic E-state index is 14.3. The van der Waals surface area contributed by atoms with Crippen molar-refractivity contribution in [3.8, 4) is 0 Å². The molecule has 29 heavy (non-hydrogen) atoms. The number of carbonyl (C=O) groups excluding carboxylic acids is 1. The Morgan fingerprint density at radius 1 is 1.07 bits per heavy atom. The van der Waals surface area contributed by atoms with Crippen molar-refractivity contribution in [1.82, 2.24) is 19.8 Å². The second-order valence-electron chi connectivity index (χ2n) is 6.72. The highest BCUT2D eigenvalue weighted by Crippen LogP contribution is 2.16. The summed E-state index contributed by atoms with van der Waals surface area (Å²) in [4.78, 5) is 40.9. The van der Waals surface area contributed by atoms with E-state index in [9.17, 15) is 18.8 Å². The van der Waals surface area contributed by atoms with Gasteiger partial charge in [-0.1, -0.05) is 18.2 Å². The Morgan fingerprint density at radius 2 is 1.79 bits per heavy atom. The molecule has 2 heterocycles. The lowest BCUT2D eigenvalue weighted by Crippen LogP contribution is -2.46. The van der Waals surface area contributed by atoms with Gasteiger partial charge in [0.2, 0.25) is 0 Å². The van der Waals surface area contributed by atoms with Crippen molar-refractivity contribution >= 4 is 29.2 Å². The van der Waals surface area contributed by atoms with Crippen LogP contribution in [-0.4, -0.2) is 46.5 Å². The van der Waals surface area contributed by atoms with Crippen LogP contribution >= 0.6 is 12.4 Å². The van der Waals surface area contributed by atoms with Crippen molar-refractivity contribution in [2.45, 2.75) is 6.54 Å². The van der Waals surface area contributed by atoms with Gasteiger partial charge < -0.3 is 10.2 Å². The number of aromatic nitrogens is 2. The third-order valence-corrected chi connectivity index (χ3v) is 4.91. The number of rotatable bonds is 3. The van der Waals surface area contributed by atoms with Crippen LogP contribution in [0.3, 0.4) is 0 Å². The van der Waals surface area contributed by atoms with Gasteiger partial charge in [-0.05, 0) is 29.8 Å². The number of hydrogen-bond donors (Lipinski definition) is 2. The van der Waals surface area contributed by atoms with E-state index in [1.165, 1.54) is 22.8 Å². The van der Waals surface area contributed by atoms with Gasteiger partial charge in [-0.25, -0.2) is 9.18 Å². The predicted molar refractivity (Wildman–Crippen MR) is 110 cm³/mol. The summed E-state index contributed by atoms with van der Waals surface area (Å²) in [6.07, 6.45) is 0. The minimum Gasteiger partial charge on any atom is -0.336 e. The fourth-order valence-electron chi connectivity index (χ4n) is 3.45. The molecule has 4 rings (SSSR count). The number of para-hydroxylation sites is 1. The Hall–Kier alpha value is -2.97. The van der Waals surface area contributed by atoms with Crippen LogP contribution in [0.2, 0.25) is 0 Å². The van der Waals surface area contributed by atoms with Gasteiger partial charge >= 0.3 is 5.69 Å². The largest absolute Gasteiger partial charge is 0.336 e. The number of piperazine rings is 1. The van der Waals surface area contributed by atoms with Crippen molar-refractivity contribution in [3.63, 3.8) is 0 Å². The number of halogens is 2. The van der Waals surface area contributed by atoms with Crippen LogP contribution in [0.5, 0.6) is 0 Å². The van der Waals surface area contributed by atoms with Gasteiger partial charge in [0.15, 0.2) is 0 Å². The minimum atomic E-state index is -0.592. The third-order valence-electron chi connectivity index (χ3n) is 4.91. The van der Waals surface area contributed by atoms with Crippen LogP contribution in [0.15, 0.2) is 52.1 Å². The van der Waals surface area contributed by atoms with Crippen LogP contribution in [-0.2, 0) is 6.54 Å². The zero-order valence-electron chi connectivity index (χ0n) is 15.5. The van der Waals surface area contributed by atoms with Crippen molar-refractivity contribution in [1.29, 1.82) is 0 Å². The average molecular weight is 419 g/mol. The van der Waals surface area contributed by atoms with E-state index >= 15 is 0 Å². The number of nitrogens with one attached hydrogen (secondary N) is 2. The number of H-pyrrole nitrogens is 1. The molecule has 1 amide bonds. The van der Waals surface area contributed by atoms with Crippen molar-refractivity contribution < 1.29 is 9.18 Å². The molecule has 152 valence electrons. The molecule has 1 fully saturated rings. The summed E-state index contributed by atoms with van der Waals surface area (Å²) in [5.41, 5.74) is 0.0597. The molecule has 3 aromatic rings. The maximum absolute atomic E-state index is 14.3. The Kier molecular flexibility index (Phi) is 6.14. The topological polar surface area (TPSA) is 87.2 Å². The second-order valence-corrected chi connectivity index (χ2v) is 6.72. The summed E-state index contributed by atoms with van der Waals surface area (Å²) in [6.45, 7) is 2.49. The van der Waals surface area contributed by atoms with Gasteiger partial charge in [-0.2, -0.15) is 0 Å². The van der Waals surface area contributed by atoms with Gasteiger partial charge in [-0.15, -0.1) is 12.4 Å². The van der Waals surface area contributed by atoms with Crippen LogP contribution in [0.25, 0.3) is 10.9 Å². The molecule has 9 heteroatoms. The Morgan fingerprint density at radius 3 is 2.55 bits per heavy atom. The van der Waals surface area contributed by atoms with E-state index in [0.29, 0.717) is 42.6 Å². The van der Waals surface area contributed by atoms with E-state index in [-0.39, 0.29) is 30.4 Å². The fourth-order valence-corrected chi connectivity index (χ4v) is 3.45. The molecule has 2 N–H and O–H groups in total. The lowest BCUT2D eigenvalue weighted by Gasteiger charge is -2.27. The Balaban J connectivity index is 0.00000240. The van der Waals surface area contributed by atoms with Crippen molar-refractivity contribution in [3.05, 3.63) is 80.2 Å². The molecule has 1 aromatic heterocycles. The second kappa shape index (κ2) is 8.59. The normalized spacial score (nSPS) is 13.9. The lowest BCUT2D eigenvalue weighted by atomic mass is 10.1. The lowest BCUT2D eigenvalue weighted by molar-refractivity contribution is 0.0731. The van der Waals surface area contributed by atoms with Gasteiger partial charge in [0.25, 0.3) is 11.5 Å². The SMILES string of the molecule is Cl.O=C(c1cc(Cn2c(=O)[nH]c(=O)c3ccccc32)ccc1F)N1CCNCC1. The Labute approximate surface area is 171 Å². The van der Waals surface area contributed by atoms with Crippen LogP contribution < -0.4 is 16.6 Å². The van der Waals surface area contributed by atoms with Crippen LogP contribution in [0.4, 0.5) is 4.39 Å². The van der Waals surface area contributed by atoms with Crippen LogP contribution in [0, 0.1) is 5.82 Å². The summed E-state index contributed by atoms with van der Waals surface area (Å²) >= 11 is 0. The zero-order valence-corrected chi connectivity index (χ0v) is 16.3. The van der Waals surface area contributed by atoms with E-state index in [4.69, 9.17) is 0 Å². The minimum absolute atomic E-state index is 0. The maximum Gasteiger partial charge on any atom is 0.329 e. The highest BCUT2D eigenvalue weighted by Gasteiger charge is 2.21. The number of aromatic amines is 1. The third kappa shape index (κ3) is 4.08. The average Bonchev–Trinajstić information content (AvgIpc) is 2.72. The standard InChI is InChI=1S/C20H19FN4O3.ClH/c21-16-6-5-13(11-15(16)19(27)24-9-7-22-8-10-24)12-25-17-4-2-1-3-14(17)18(26)23-20(25)28;/h1-6,11,22H,7-10,12H2,(H,23,26,28);1H. The number of hydrogen-bond acceptors (Lipinski definition) is 4. The summed E-state index contributed by atoms with van der Waals surface area (Å²) in [5, 5.41) is 3.54. The van der Waals surface area contributed by atoms with Crippen LogP contribution in [0.1, 0.15) is 15.9 Å². The first-order chi connectivity index (χ1) is 13.5. The number of benzene rings is 2. The summed E-state index contributed by atoms with van der Waals surface area (Å²) < 4.78 is 15.7. The van der Waals surface area contributed by atoms with E-state index in [2.05, 4.69) is 10.3 Å². The molecule has 0 saturated carbocycles. The molecule has 1 saturated heterocycles. The number of nitrogens with zero attached hydrogens (tertiary/aromatic N) is 2. The molecular formula is C20H20ClFN4O3. The van der Waals surface area contributed by atoms with Crippen molar-refractivity contribution in [2.24, 2.45) is 0 Å². The fraction of sp³-hybridized carbons (Fsp3) is 0.250. The highest BCUT2D eigenvalue weighted by molar-refractivity contribution is 5.94. The van der Waals surface area contributed by atoms with Gasteiger partial charge in [-0.3, -0.25) is 19.1 Å². The Bertz CT molecular complexity index is 1170.